The average Bonchev–Trinajstić information content (AvgIpc) is 2.67. The first-order valence-corrected chi connectivity index (χ1v) is 8.60. The maximum absolute atomic E-state index is 2.41. The molecular formula is C21H28N2. The monoisotopic (exact) mass is 308 g/mol. The SMILES string of the molecule is CC(CCN(C)C)C1c2ccccc2CN(C)c2ccccc21. The first-order valence-electron chi connectivity index (χ1n) is 8.60. The molecule has 2 aromatic carbocycles. The van der Waals surface area contributed by atoms with Gasteiger partial charge in [0.1, 0.15) is 0 Å². The zero-order valence-electron chi connectivity index (χ0n) is 14.8. The molecule has 0 N–H and O–H groups in total. The van der Waals surface area contributed by atoms with Gasteiger partial charge < -0.3 is 9.80 Å². The van der Waals surface area contributed by atoms with Crippen molar-refractivity contribution in [2.75, 3.05) is 32.6 Å². The summed E-state index contributed by atoms with van der Waals surface area (Å²) in [5.41, 5.74) is 5.83. The van der Waals surface area contributed by atoms with Crippen LogP contribution < -0.4 is 4.90 Å². The van der Waals surface area contributed by atoms with Crippen LogP contribution in [0.15, 0.2) is 48.5 Å². The van der Waals surface area contributed by atoms with E-state index >= 15 is 0 Å². The van der Waals surface area contributed by atoms with Crippen LogP contribution >= 0.6 is 0 Å². The highest BCUT2D eigenvalue weighted by Gasteiger charge is 2.29. The van der Waals surface area contributed by atoms with Crippen LogP contribution in [0, 0.1) is 5.92 Å². The summed E-state index contributed by atoms with van der Waals surface area (Å²) in [6.07, 6.45) is 1.21. The van der Waals surface area contributed by atoms with Crippen LogP contribution in [-0.4, -0.2) is 32.6 Å². The first-order chi connectivity index (χ1) is 11.1. The van der Waals surface area contributed by atoms with Crippen LogP contribution in [0.3, 0.4) is 0 Å². The second kappa shape index (κ2) is 6.76. The standard InChI is InChI=1S/C21H28N2/c1-16(13-14-22(2)3)21-18-10-6-5-9-17(18)15-23(4)20-12-8-7-11-19(20)21/h5-12,16,21H,13-15H2,1-4H3. The fraction of sp³-hybridized carbons (Fsp3) is 0.429. The van der Waals surface area contributed by atoms with Gasteiger partial charge in [0.2, 0.25) is 0 Å². The highest BCUT2D eigenvalue weighted by atomic mass is 15.1. The molecule has 1 aliphatic heterocycles. The summed E-state index contributed by atoms with van der Waals surface area (Å²) >= 11 is 0. The van der Waals surface area contributed by atoms with Gasteiger partial charge >= 0.3 is 0 Å². The Balaban J connectivity index is 2.07. The molecule has 122 valence electrons. The lowest BCUT2D eigenvalue weighted by Crippen LogP contribution is -2.20. The zero-order valence-corrected chi connectivity index (χ0v) is 14.8. The van der Waals surface area contributed by atoms with Gasteiger partial charge in [-0.2, -0.15) is 0 Å². The van der Waals surface area contributed by atoms with E-state index in [1.54, 1.807) is 0 Å². The molecule has 2 heteroatoms. The molecule has 0 saturated heterocycles. The predicted molar refractivity (Wildman–Crippen MR) is 99.2 cm³/mol. The average molecular weight is 308 g/mol. The first kappa shape index (κ1) is 16.1. The fourth-order valence-electron chi connectivity index (χ4n) is 3.83. The molecule has 0 radical (unpaired) electrons. The molecule has 23 heavy (non-hydrogen) atoms. The summed E-state index contributed by atoms with van der Waals surface area (Å²) in [5.74, 6) is 1.10. The van der Waals surface area contributed by atoms with Crippen molar-refractivity contribution in [3.63, 3.8) is 0 Å². The third-order valence-corrected chi connectivity index (χ3v) is 5.08. The van der Waals surface area contributed by atoms with Crippen LogP contribution in [0.1, 0.15) is 36.0 Å². The second-order valence-electron chi connectivity index (χ2n) is 7.16. The Hall–Kier alpha value is -1.80. The molecule has 2 atom stereocenters. The third-order valence-electron chi connectivity index (χ3n) is 5.08. The Morgan fingerprint density at radius 3 is 2.43 bits per heavy atom. The fourth-order valence-corrected chi connectivity index (χ4v) is 3.83. The minimum Gasteiger partial charge on any atom is -0.370 e. The molecule has 0 bridgehead atoms. The van der Waals surface area contributed by atoms with E-state index in [4.69, 9.17) is 0 Å². The molecule has 0 aliphatic carbocycles. The van der Waals surface area contributed by atoms with Crippen LogP contribution in [0.2, 0.25) is 0 Å². The maximum atomic E-state index is 2.41. The van der Waals surface area contributed by atoms with Crippen LogP contribution in [0.5, 0.6) is 0 Å². The summed E-state index contributed by atoms with van der Waals surface area (Å²) in [6, 6.07) is 17.9. The molecule has 0 amide bonds. The minimum atomic E-state index is 0.479. The van der Waals surface area contributed by atoms with Crippen molar-refractivity contribution < 1.29 is 0 Å². The Kier molecular flexibility index (Phi) is 4.72. The van der Waals surface area contributed by atoms with E-state index in [9.17, 15) is 0 Å². The summed E-state index contributed by atoms with van der Waals surface area (Å²) in [7, 11) is 6.54. The quantitative estimate of drug-likeness (QED) is 0.828. The van der Waals surface area contributed by atoms with Gasteiger partial charge in [0.15, 0.2) is 0 Å². The summed E-state index contributed by atoms with van der Waals surface area (Å²) in [5, 5.41) is 0. The van der Waals surface area contributed by atoms with Gasteiger partial charge in [-0.3, -0.25) is 0 Å². The lowest BCUT2D eigenvalue weighted by Gasteiger charge is -2.28. The van der Waals surface area contributed by atoms with E-state index < -0.39 is 0 Å². The van der Waals surface area contributed by atoms with Crippen LogP contribution in [-0.2, 0) is 6.54 Å². The van der Waals surface area contributed by atoms with E-state index in [0.717, 1.165) is 13.1 Å². The molecule has 1 aliphatic rings. The van der Waals surface area contributed by atoms with Crippen LogP contribution in [0.4, 0.5) is 5.69 Å². The molecule has 1 heterocycles. The number of benzene rings is 2. The summed E-state index contributed by atoms with van der Waals surface area (Å²) in [6.45, 7) is 4.54. The molecule has 0 fully saturated rings. The molecule has 0 aromatic heterocycles. The number of nitrogens with zero attached hydrogens (tertiary/aromatic N) is 2. The second-order valence-corrected chi connectivity index (χ2v) is 7.16. The summed E-state index contributed by atoms with van der Waals surface area (Å²) < 4.78 is 0. The Morgan fingerprint density at radius 2 is 1.70 bits per heavy atom. The summed E-state index contributed by atoms with van der Waals surface area (Å²) in [4.78, 5) is 4.68. The minimum absolute atomic E-state index is 0.479. The van der Waals surface area contributed by atoms with Crippen molar-refractivity contribution >= 4 is 5.69 Å². The van der Waals surface area contributed by atoms with Crippen LogP contribution in [0.25, 0.3) is 0 Å². The van der Waals surface area contributed by atoms with Crippen molar-refractivity contribution in [2.45, 2.75) is 25.8 Å². The number of anilines is 1. The Bertz CT molecular complexity index is 662. The molecular weight excluding hydrogens is 280 g/mol. The molecule has 0 spiro atoms. The lowest BCUT2D eigenvalue weighted by molar-refractivity contribution is 0.346. The Morgan fingerprint density at radius 1 is 1.04 bits per heavy atom. The van der Waals surface area contributed by atoms with Crippen molar-refractivity contribution in [2.24, 2.45) is 5.92 Å². The number of rotatable bonds is 4. The van der Waals surface area contributed by atoms with Gasteiger partial charge in [0, 0.05) is 25.2 Å². The molecule has 3 rings (SSSR count). The van der Waals surface area contributed by atoms with Gasteiger partial charge in [-0.1, -0.05) is 49.4 Å². The lowest BCUT2D eigenvalue weighted by atomic mass is 9.78. The van der Waals surface area contributed by atoms with Gasteiger partial charge in [-0.05, 0) is 55.7 Å². The van der Waals surface area contributed by atoms with E-state index in [2.05, 4.69) is 86.4 Å². The van der Waals surface area contributed by atoms with Gasteiger partial charge in [-0.25, -0.2) is 0 Å². The topological polar surface area (TPSA) is 6.48 Å². The van der Waals surface area contributed by atoms with E-state index in [-0.39, 0.29) is 0 Å². The van der Waals surface area contributed by atoms with E-state index in [1.807, 2.05) is 0 Å². The van der Waals surface area contributed by atoms with Gasteiger partial charge in [-0.15, -0.1) is 0 Å². The van der Waals surface area contributed by atoms with E-state index in [0.29, 0.717) is 11.8 Å². The highest BCUT2D eigenvalue weighted by molar-refractivity contribution is 5.60. The van der Waals surface area contributed by atoms with Crippen molar-refractivity contribution in [1.29, 1.82) is 0 Å². The molecule has 0 saturated carbocycles. The van der Waals surface area contributed by atoms with E-state index in [1.165, 1.54) is 28.8 Å². The van der Waals surface area contributed by atoms with Gasteiger partial charge in [0.25, 0.3) is 0 Å². The third kappa shape index (κ3) is 3.28. The normalized spacial score (nSPS) is 18.3. The number of hydrogen-bond acceptors (Lipinski definition) is 2. The highest BCUT2D eigenvalue weighted by Crippen LogP contribution is 2.42. The molecule has 2 nitrogen and oxygen atoms in total. The number of para-hydroxylation sites is 1. The molecule has 2 aromatic rings. The van der Waals surface area contributed by atoms with Gasteiger partial charge in [0.05, 0.1) is 0 Å². The number of hydrogen-bond donors (Lipinski definition) is 0. The van der Waals surface area contributed by atoms with Crippen molar-refractivity contribution in [1.82, 2.24) is 4.90 Å². The van der Waals surface area contributed by atoms with Crippen molar-refractivity contribution in [3.8, 4) is 0 Å². The largest absolute Gasteiger partial charge is 0.370 e. The maximum Gasteiger partial charge on any atom is 0.0429 e. The van der Waals surface area contributed by atoms with Crippen molar-refractivity contribution in [3.05, 3.63) is 65.2 Å². The predicted octanol–water partition coefficient (Wildman–Crippen LogP) is 4.36. The number of fused-ring (bicyclic) bond motifs is 2. The zero-order chi connectivity index (χ0) is 16.4. The Labute approximate surface area is 140 Å². The molecule has 2 unspecified atom stereocenters. The smallest absolute Gasteiger partial charge is 0.0429 e.